The third-order valence-electron chi connectivity index (χ3n) is 3.21. The minimum absolute atomic E-state index is 0.0156. The summed E-state index contributed by atoms with van der Waals surface area (Å²) in [4.78, 5) is 11.6. The molecule has 4 nitrogen and oxygen atoms in total. The van der Waals surface area contributed by atoms with Gasteiger partial charge >= 0.3 is 0 Å². The maximum Gasteiger partial charge on any atom is 0.257 e. The van der Waals surface area contributed by atoms with E-state index in [2.05, 4.69) is 12.2 Å². The van der Waals surface area contributed by atoms with Crippen LogP contribution in [0, 0.1) is 11.3 Å². The fourth-order valence-corrected chi connectivity index (χ4v) is 1.96. The number of nitrogens with zero attached hydrogens (tertiary/aromatic N) is 1. The predicted octanol–water partition coefficient (Wildman–Crippen LogP) is 3.41. The van der Waals surface area contributed by atoms with E-state index in [1.807, 2.05) is 6.07 Å². The summed E-state index contributed by atoms with van der Waals surface area (Å²) in [6, 6.07) is 8.77. The topological polar surface area (TPSA) is 62.1 Å². The van der Waals surface area contributed by atoms with E-state index in [1.54, 1.807) is 24.3 Å². The van der Waals surface area contributed by atoms with Crippen molar-refractivity contribution in [2.45, 2.75) is 45.4 Å². The zero-order chi connectivity index (χ0) is 15.3. The Balaban J connectivity index is 2.07. The Bertz CT molecular complexity index is 449. The van der Waals surface area contributed by atoms with Crippen molar-refractivity contribution in [3.63, 3.8) is 0 Å². The summed E-state index contributed by atoms with van der Waals surface area (Å²) >= 11 is 0. The molecule has 1 aromatic carbocycles. The molecule has 0 unspecified atom stereocenters. The number of amides is 1. The molecule has 0 saturated carbocycles. The zero-order valence-corrected chi connectivity index (χ0v) is 12.7. The van der Waals surface area contributed by atoms with Crippen LogP contribution in [-0.4, -0.2) is 19.1 Å². The summed E-state index contributed by atoms with van der Waals surface area (Å²) in [5, 5.41) is 11.5. The van der Waals surface area contributed by atoms with Crippen LogP contribution in [0.1, 0.15) is 51.0 Å². The van der Waals surface area contributed by atoms with Gasteiger partial charge in [0.05, 0.1) is 11.6 Å². The van der Waals surface area contributed by atoms with Crippen molar-refractivity contribution in [1.29, 1.82) is 5.26 Å². The summed E-state index contributed by atoms with van der Waals surface area (Å²) in [6.45, 7) is 2.93. The lowest BCUT2D eigenvalue weighted by Crippen LogP contribution is -2.29. The molecule has 0 aliphatic carbocycles. The number of carbonyl (C=O) groups excluding carboxylic acids is 1. The standard InChI is InChI=1S/C17H24N2O2/c1-2-3-4-5-6-7-12-19-17(20)14-21-16-10-8-15(13-18)9-11-16/h8-11H,2-7,12,14H2,1H3,(H,19,20). The molecule has 0 aliphatic rings. The number of nitrogens with one attached hydrogen (secondary N) is 1. The van der Waals surface area contributed by atoms with Crippen molar-refractivity contribution in [1.82, 2.24) is 5.32 Å². The van der Waals surface area contributed by atoms with Crippen LogP contribution in [0.25, 0.3) is 0 Å². The molecule has 0 fully saturated rings. The lowest BCUT2D eigenvalue weighted by molar-refractivity contribution is -0.123. The third-order valence-corrected chi connectivity index (χ3v) is 3.21. The molecule has 21 heavy (non-hydrogen) atoms. The van der Waals surface area contributed by atoms with Crippen LogP contribution in [0.5, 0.6) is 5.75 Å². The molecule has 0 atom stereocenters. The average Bonchev–Trinajstić information content (AvgIpc) is 2.52. The molecule has 0 aliphatic heterocycles. The number of carbonyl (C=O) groups is 1. The van der Waals surface area contributed by atoms with Crippen LogP contribution in [-0.2, 0) is 4.79 Å². The summed E-state index contributed by atoms with van der Waals surface area (Å²) < 4.78 is 5.36. The van der Waals surface area contributed by atoms with E-state index >= 15 is 0 Å². The number of nitriles is 1. The van der Waals surface area contributed by atoms with Gasteiger partial charge in [0.15, 0.2) is 6.61 Å². The second-order valence-electron chi connectivity index (χ2n) is 5.04. The van der Waals surface area contributed by atoms with Gasteiger partial charge in [0, 0.05) is 6.54 Å². The van der Waals surface area contributed by atoms with Crippen molar-refractivity contribution >= 4 is 5.91 Å². The minimum atomic E-state index is -0.104. The van der Waals surface area contributed by atoms with E-state index < -0.39 is 0 Å². The van der Waals surface area contributed by atoms with Crippen LogP contribution >= 0.6 is 0 Å². The SMILES string of the molecule is CCCCCCCCNC(=O)COc1ccc(C#N)cc1. The van der Waals surface area contributed by atoms with E-state index in [1.165, 1.54) is 25.7 Å². The smallest absolute Gasteiger partial charge is 0.257 e. The van der Waals surface area contributed by atoms with E-state index in [0.717, 1.165) is 12.8 Å². The number of rotatable bonds is 10. The highest BCUT2D eigenvalue weighted by Crippen LogP contribution is 2.11. The van der Waals surface area contributed by atoms with Gasteiger partial charge < -0.3 is 10.1 Å². The summed E-state index contributed by atoms with van der Waals surface area (Å²) in [5.74, 6) is 0.497. The molecule has 1 N–H and O–H groups in total. The number of hydrogen-bond acceptors (Lipinski definition) is 3. The van der Waals surface area contributed by atoms with Gasteiger partial charge in [-0.1, -0.05) is 39.0 Å². The number of benzene rings is 1. The van der Waals surface area contributed by atoms with E-state index in [9.17, 15) is 4.79 Å². The molecule has 0 heterocycles. The van der Waals surface area contributed by atoms with E-state index in [-0.39, 0.29) is 12.5 Å². The van der Waals surface area contributed by atoms with Crippen molar-refractivity contribution in [3.8, 4) is 11.8 Å². The maximum absolute atomic E-state index is 11.6. The fraction of sp³-hybridized carbons (Fsp3) is 0.529. The van der Waals surface area contributed by atoms with Crippen molar-refractivity contribution < 1.29 is 9.53 Å². The first-order valence-electron chi connectivity index (χ1n) is 7.66. The van der Waals surface area contributed by atoms with E-state index in [4.69, 9.17) is 10.00 Å². The summed E-state index contributed by atoms with van der Waals surface area (Å²) in [5.41, 5.74) is 0.579. The highest BCUT2D eigenvalue weighted by atomic mass is 16.5. The van der Waals surface area contributed by atoms with Crippen LogP contribution in [0.2, 0.25) is 0 Å². The minimum Gasteiger partial charge on any atom is -0.484 e. The average molecular weight is 288 g/mol. The molecule has 1 amide bonds. The first-order valence-corrected chi connectivity index (χ1v) is 7.66. The summed E-state index contributed by atoms with van der Waals surface area (Å²) in [6.07, 6.45) is 7.26. The normalized spacial score (nSPS) is 9.90. The van der Waals surface area contributed by atoms with Gasteiger partial charge in [0.1, 0.15) is 5.75 Å². The van der Waals surface area contributed by atoms with Crippen LogP contribution < -0.4 is 10.1 Å². The van der Waals surface area contributed by atoms with Crippen molar-refractivity contribution in [3.05, 3.63) is 29.8 Å². The lowest BCUT2D eigenvalue weighted by atomic mass is 10.1. The van der Waals surface area contributed by atoms with E-state index in [0.29, 0.717) is 17.9 Å². The van der Waals surface area contributed by atoms with Crippen molar-refractivity contribution in [2.24, 2.45) is 0 Å². The molecule has 114 valence electrons. The number of ether oxygens (including phenoxy) is 1. The summed E-state index contributed by atoms with van der Waals surface area (Å²) in [7, 11) is 0. The van der Waals surface area contributed by atoms with Gasteiger partial charge in [0.25, 0.3) is 5.91 Å². The first-order chi connectivity index (χ1) is 10.3. The largest absolute Gasteiger partial charge is 0.484 e. The van der Waals surface area contributed by atoms with Crippen molar-refractivity contribution in [2.75, 3.05) is 13.2 Å². The van der Waals surface area contributed by atoms with Gasteiger partial charge in [-0.25, -0.2) is 0 Å². The molecule has 0 bridgehead atoms. The Morgan fingerprint density at radius 1 is 1.14 bits per heavy atom. The molecule has 1 rings (SSSR count). The Morgan fingerprint density at radius 3 is 2.48 bits per heavy atom. The third kappa shape index (κ3) is 7.98. The van der Waals surface area contributed by atoms with Gasteiger partial charge in [-0.15, -0.1) is 0 Å². The highest BCUT2D eigenvalue weighted by Gasteiger charge is 2.02. The molecular formula is C17H24N2O2. The Hall–Kier alpha value is -2.02. The molecule has 0 radical (unpaired) electrons. The molecule has 0 aromatic heterocycles. The van der Waals surface area contributed by atoms with Gasteiger partial charge in [-0.3, -0.25) is 4.79 Å². The lowest BCUT2D eigenvalue weighted by Gasteiger charge is -2.07. The quantitative estimate of drug-likeness (QED) is 0.671. The first kappa shape index (κ1) is 17.0. The number of hydrogen-bond donors (Lipinski definition) is 1. The predicted molar refractivity (Wildman–Crippen MR) is 83.0 cm³/mol. The molecule has 0 spiro atoms. The van der Waals surface area contributed by atoms with Gasteiger partial charge in [-0.05, 0) is 30.7 Å². The molecular weight excluding hydrogens is 264 g/mol. The Labute approximate surface area is 127 Å². The van der Waals surface area contributed by atoms with Gasteiger partial charge in [0.2, 0.25) is 0 Å². The second kappa shape index (κ2) is 10.7. The second-order valence-corrected chi connectivity index (χ2v) is 5.04. The number of unbranched alkanes of at least 4 members (excludes halogenated alkanes) is 5. The fourth-order valence-electron chi connectivity index (χ4n) is 1.96. The Kier molecular flexibility index (Phi) is 8.70. The van der Waals surface area contributed by atoms with Crippen LogP contribution in [0.15, 0.2) is 24.3 Å². The highest BCUT2D eigenvalue weighted by molar-refractivity contribution is 5.77. The van der Waals surface area contributed by atoms with Gasteiger partial charge in [-0.2, -0.15) is 5.26 Å². The molecule has 1 aromatic rings. The molecule has 4 heteroatoms. The zero-order valence-electron chi connectivity index (χ0n) is 12.7. The molecule has 0 saturated heterocycles. The monoisotopic (exact) mass is 288 g/mol. The van der Waals surface area contributed by atoms with Crippen LogP contribution in [0.3, 0.4) is 0 Å². The van der Waals surface area contributed by atoms with Crippen LogP contribution in [0.4, 0.5) is 0 Å². The maximum atomic E-state index is 11.6. The Morgan fingerprint density at radius 2 is 1.81 bits per heavy atom.